The van der Waals surface area contributed by atoms with Gasteiger partial charge in [0.1, 0.15) is 8.07 Å². The Hall–Kier alpha value is -3.69. The molecule has 0 aliphatic heterocycles. The van der Waals surface area contributed by atoms with Crippen molar-refractivity contribution in [3.63, 3.8) is 0 Å². The Morgan fingerprint density at radius 2 is 1.32 bits per heavy atom. The van der Waals surface area contributed by atoms with Crippen molar-refractivity contribution in [3.05, 3.63) is 144 Å². The summed E-state index contributed by atoms with van der Waals surface area (Å²) in [5, 5.41) is 6.02. The molecule has 1 unspecified atom stereocenters. The van der Waals surface area contributed by atoms with Gasteiger partial charge in [-0.15, -0.1) is 0 Å². The van der Waals surface area contributed by atoms with Crippen molar-refractivity contribution in [2.24, 2.45) is 0 Å². The minimum atomic E-state index is -2.28. The van der Waals surface area contributed by atoms with E-state index < -0.39 is 8.07 Å². The number of benzene rings is 4. The second-order valence-corrected chi connectivity index (χ2v) is 13.7. The Kier molecular flexibility index (Phi) is 9.28. The molecule has 0 radical (unpaired) electrons. The second-order valence-electron chi connectivity index (χ2n) is 9.80. The lowest BCUT2D eigenvalue weighted by Crippen LogP contribution is -2.57. The molecule has 0 spiro atoms. The van der Waals surface area contributed by atoms with E-state index in [9.17, 15) is 4.79 Å². The SMILES string of the molecule is CCCC[Si](C=CC(=O)NC(Cc1ccc(C)cc1)c1ccccc1)(c1ccccc1)c1ccccc1. The Labute approximate surface area is 223 Å². The molecule has 4 aromatic rings. The maximum Gasteiger partial charge on any atom is 0.243 e. The highest BCUT2D eigenvalue weighted by atomic mass is 28.3. The van der Waals surface area contributed by atoms with Crippen LogP contribution in [-0.4, -0.2) is 14.0 Å². The first-order valence-corrected chi connectivity index (χ1v) is 15.6. The highest BCUT2D eigenvalue weighted by molar-refractivity contribution is 7.06. The third-order valence-corrected chi connectivity index (χ3v) is 11.7. The van der Waals surface area contributed by atoms with Crippen molar-refractivity contribution in [1.82, 2.24) is 5.32 Å². The van der Waals surface area contributed by atoms with Gasteiger partial charge in [-0.1, -0.05) is 146 Å². The minimum absolute atomic E-state index is 0.0406. The molecule has 4 aromatic carbocycles. The summed E-state index contributed by atoms with van der Waals surface area (Å²) in [4.78, 5) is 13.5. The highest BCUT2D eigenvalue weighted by Crippen LogP contribution is 2.20. The normalized spacial score (nSPS) is 12.4. The van der Waals surface area contributed by atoms with Crippen LogP contribution in [0.5, 0.6) is 0 Å². The summed E-state index contributed by atoms with van der Waals surface area (Å²) in [7, 11) is -2.28. The van der Waals surface area contributed by atoms with Crippen molar-refractivity contribution >= 4 is 24.4 Å². The number of carbonyl (C=O) groups is 1. The maximum absolute atomic E-state index is 13.5. The first kappa shape index (κ1) is 26.4. The van der Waals surface area contributed by atoms with Crippen molar-refractivity contribution in [2.75, 3.05) is 0 Å². The Morgan fingerprint density at radius 1 is 0.784 bits per heavy atom. The molecule has 0 saturated heterocycles. The smallest absolute Gasteiger partial charge is 0.243 e. The number of aryl methyl sites for hydroxylation is 1. The fourth-order valence-electron chi connectivity index (χ4n) is 4.99. The summed E-state index contributed by atoms with van der Waals surface area (Å²) < 4.78 is 0. The molecule has 0 fully saturated rings. The number of carbonyl (C=O) groups excluding carboxylic acids is 1. The summed E-state index contributed by atoms with van der Waals surface area (Å²) in [6.07, 6.45) is 4.82. The number of amides is 1. The molecule has 2 nitrogen and oxygen atoms in total. The molecule has 0 aliphatic rings. The molecule has 188 valence electrons. The lowest BCUT2D eigenvalue weighted by molar-refractivity contribution is -0.117. The summed E-state index contributed by atoms with van der Waals surface area (Å²) in [6.45, 7) is 4.33. The summed E-state index contributed by atoms with van der Waals surface area (Å²) in [5.74, 6) is -0.0406. The highest BCUT2D eigenvalue weighted by Gasteiger charge is 2.34. The van der Waals surface area contributed by atoms with E-state index in [0.717, 1.165) is 30.9 Å². The van der Waals surface area contributed by atoms with Crippen LogP contribution in [0.25, 0.3) is 0 Å². The molecular formula is C34H37NOSi. The Bertz CT molecular complexity index is 1230. The van der Waals surface area contributed by atoms with Crippen LogP contribution in [0.2, 0.25) is 6.04 Å². The average molecular weight is 504 g/mol. The van der Waals surface area contributed by atoms with E-state index in [0.29, 0.717) is 0 Å². The number of rotatable bonds is 11. The van der Waals surface area contributed by atoms with Crippen LogP contribution in [0.4, 0.5) is 0 Å². The van der Waals surface area contributed by atoms with Gasteiger partial charge in [-0.3, -0.25) is 4.79 Å². The first-order chi connectivity index (χ1) is 18.1. The zero-order valence-electron chi connectivity index (χ0n) is 21.9. The predicted octanol–water partition coefficient (Wildman–Crippen LogP) is 6.55. The monoisotopic (exact) mass is 503 g/mol. The third-order valence-electron chi connectivity index (χ3n) is 7.10. The summed E-state index contributed by atoms with van der Waals surface area (Å²) in [6, 6.07) is 41.4. The molecule has 0 aliphatic carbocycles. The van der Waals surface area contributed by atoms with Gasteiger partial charge in [0.15, 0.2) is 0 Å². The summed E-state index contributed by atoms with van der Waals surface area (Å²) in [5.41, 5.74) is 5.83. The van der Waals surface area contributed by atoms with Gasteiger partial charge in [-0.05, 0) is 47.0 Å². The zero-order chi connectivity index (χ0) is 25.9. The molecule has 37 heavy (non-hydrogen) atoms. The van der Waals surface area contributed by atoms with Gasteiger partial charge in [0, 0.05) is 0 Å². The molecule has 1 amide bonds. The van der Waals surface area contributed by atoms with E-state index >= 15 is 0 Å². The first-order valence-electron chi connectivity index (χ1n) is 13.3. The fourth-order valence-corrected chi connectivity index (χ4v) is 9.38. The topological polar surface area (TPSA) is 29.1 Å². The van der Waals surface area contributed by atoms with Crippen LogP contribution >= 0.6 is 0 Å². The maximum atomic E-state index is 13.5. The molecule has 1 atom stereocenters. The van der Waals surface area contributed by atoms with E-state index in [-0.39, 0.29) is 11.9 Å². The van der Waals surface area contributed by atoms with Crippen LogP contribution in [-0.2, 0) is 11.2 Å². The molecule has 0 aromatic heterocycles. The van der Waals surface area contributed by atoms with Crippen molar-refractivity contribution in [1.29, 1.82) is 0 Å². The van der Waals surface area contributed by atoms with Crippen molar-refractivity contribution in [2.45, 2.75) is 45.2 Å². The van der Waals surface area contributed by atoms with Gasteiger partial charge in [0.05, 0.1) is 6.04 Å². The van der Waals surface area contributed by atoms with E-state index in [2.05, 4.69) is 122 Å². The minimum Gasteiger partial charge on any atom is -0.345 e. The van der Waals surface area contributed by atoms with E-state index in [1.807, 2.05) is 24.3 Å². The number of hydrogen-bond acceptors (Lipinski definition) is 1. The summed E-state index contributed by atoms with van der Waals surface area (Å²) >= 11 is 0. The number of nitrogens with one attached hydrogen (secondary N) is 1. The third kappa shape index (κ3) is 6.96. The van der Waals surface area contributed by atoms with Gasteiger partial charge in [-0.2, -0.15) is 0 Å². The molecule has 4 rings (SSSR count). The van der Waals surface area contributed by atoms with Gasteiger partial charge < -0.3 is 5.32 Å². The standard InChI is InChI=1S/C34H37NOSi/c1-3-4-25-37(31-16-10-6-11-17-31,32-18-12-7-13-19-32)26-24-34(36)35-33(30-14-8-5-9-15-30)27-29-22-20-28(2)21-23-29/h5-24,26,33H,3-4,25,27H2,1-2H3,(H,35,36). The molecular weight excluding hydrogens is 466 g/mol. The quantitative estimate of drug-likeness (QED) is 0.182. The molecule has 0 saturated carbocycles. The second kappa shape index (κ2) is 13.0. The molecule has 1 N–H and O–H groups in total. The Morgan fingerprint density at radius 3 is 1.86 bits per heavy atom. The van der Waals surface area contributed by atoms with Crippen molar-refractivity contribution < 1.29 is 4.79 Å². The number of hydrogen-bond donors (Lipinski definition) is 1. The largest absolute Gasteiger partial charge is 0.345 e. The van der Waals surface area contributed by atoms with E-state index in [1.165, 1.54) is 21.5 Å². The lowest BCUT2D eigenvalue weighted by Gasteiger charge is -2.30. The molecule has 0 bridgehead atoms. The fraction of sp³-hybridized carbons (Fsp3) is 0.206. The van der Waals surface area contributed by atoms with Crippen molar-refractivity contribution in [3.8, 4) is 0 Å². The van der Waals surface area contributed by atoms with Gasteiger partial charge in [0.25, 0.3) is 0 Å². The van der Waals surface area contributed by atoms with Crippen LogP contribution in [0.3, 0.4) is 0 Å². The van der Waals surface area contributed by atoms with Crippen LogP contribution in [0.15, 0.2) is 127 Å². The zero-order valence-corrected chi connectivity index (χ0v) is 22.9. The van der Waals surface area contributed by atoms with Crippen LogP contribution in [0, 0.1) is 6.92 Å². The lowest BCUT2D eigenvalue weighted by atomic mass is 9.98. The van der Waals surface area contributed by atoms with E-state index in [4.69, 9.17) is 0 Å². The van der Waals surface area contributed by atoms with E-state index in [1.54, 1.807) is 0 Å². The van der Waals surface area contributed by atoms with Gasteiger partial charge in [-0.25, -0.2) is 0 Å². The van der Waals surface area contributed by atoms with Gasteiger partial charge in [0.2, 0.25) is 5.91 Å². The predicted molar refractivity (Wildman–Crippen MR) is 159 cm³/mol. The Balaban J connectivity index is 1.65. The average Bonchev–Trinajstić information content (AvgIpc) is 2.95. The molecule has 0 heterocycles. The number of unbranched alkanes of at least 4 members (excludes halogenated alkanes) is 1. The van der Waals surface area contributed by atoms with Crippen LogP contribution in [0.1, 0.15) is 42.5 Å². The molecule has 3 heteroatoms. The van der Waals surface area contributed by atoms with Crippen LogP contribution < -0.4 is 15.7 Å². The van der Waals surface area contributed by atoms with Gasteiger partial charge >= 0.3 is 0 Å².